The first-order valence-electron chi connectivity index (χ1n) is 6.28. The third kappa shape index (κ3) is 3.67. The van der Waals surface area contributed by atoms with Gasteiger partial charge in [-0.25, -0.2) is 0 Å². The summed E-state index contributed by atoms with van der Waals surface area (Å²) in [6, 6.07) is 2.05. The van der Waals surface area contributed by atoms with Gasteiger partial charge in [-0.2, -0.15) is 0 Å². The van der Waals surface area contributed by atoms with Crippen LogP contribution in [0, 0.1) is 5.41 Å². The zero-order valence-corrected chi connectivity index (χ0v) is 12.3. The number of halogens is 1. The first kappa shape index (κ1) is 13.8. The van der Waals surface area contributed by atoms with Crippen LogP contribution in [0.15, 0.2) is 22.9 Å². The summed E-state index contributed by atoms with van der Waals surface area (Å²) in [6.07, 6.45) is 6.05. The van der Waals surface area contributed by atoms with E-state index in [4.69, 9.17) is 4.74 Å². The summed E-state index contributed by atoms with van der Waals surface area (Å²) in [7, 11) is 1.77. The number of ether oxygens (including phenoxy) is 1. The lowest BCUT2D eigenvalue weighted by Gasteiger charge is -2.37. The fourth-order valence-electron chi connectivity index (χ4n) is 2.46. The van der Waals surface area contributed by atoms with E-state index in [2.05, 4.69) is 31.5 Å². The van der Waals surface area contributed by atoms with Crippen molar-refractivity contribution >= 4 is 21.6 Å². The number of rotatable bonds is 5. The minimum absolute atomic E-state index is 0.190. The molecule has 2 rings (SSSR count). The van der Waals surface area contributed by atoms with Crippen molar-refractivity contribution in [3.8, 4) is 0 Å². The van der Waals surface area contributed by atoms with E-state index in [1.807, 2.05) is 12.3 Å². The van der Waals surface area contributed by atoms with Gasteiger partial charge in [-0.05, 0) is 41.4 Å². The molecule has 0 saturated carbocycles. The lowest BCUT2D eigenvalue weighted by molar-refractivity contribution is 0.0679. The summed E-state index contributed by atoms with van der Waals surface area (Å²) >= 11 is 3.43. The number of pyridine rings is 1. The first-order valence-corrected chi connectivity index (χ1v) is 7.07. The van der Waals surface area contributed by atoms with Crippen LogP contribution in [0.4, 0.5) is 5.69 Å². The molecule has 1 aromatic heterocycles. The molecule has 0 spiro atoms. The second-order valence-electron chi connectivity index (χ2n) is 4.96. The van der Waals surface area contributed by atoms with Crippen molar-refractivity contribution in [3.05, 3.63) is 22.9 Å². The van der Waals surface area contributed by atoms with Gasteiger partial charge < -0.3 is 15.4 Å². The minimum atomic E-state index is 0.190. The second-order valence-corrected chi connectivity index (χ2v) is 5.87. The highest BCUT2D eigenvalue weighted by Crippen LogP contribution is 2.27. The molecule has 1 atom stereocenters. The van der Waals surface area contributed by atoms with Crippen molar-refractivity contribution in [2.45, 2.75) is 12.8 Å². The quantitative estimate of drug-likeness (QED) is 0.875. The highest BCUT2D eigenvalue weighted by atomic mass is 79.9. The maximum Gasteiger partial charge on any atom is 0.0547 e. The van der Waals surface area contributed by atoms with Crippen LogP contribution in [-0.4, -0.2) is 38.3 Å². The van der Waals surface area contributed by atoms with E-state index in [9.17, 15) is 0 Å². The maximum atomic E-state index is 5.39. The number of aromatic nitrogens is 1. The second kappa shape index (κ2) is 6.50. The SMILES string of the molecule is COCC1(CNc2cncc(Br)c2)CCCNC1. The van der Waals surface area contributed by atoms with E-state index in [-0.39, 0.29) is 5.41 Å². The van der Waals surface area contributed by atoms with Crippen LogP contribution < -0.4 is 10.6 Å². The fraction of sp³-hybridized carbons (Fsp3) is 0.615. The Bertz CT molecular complexity index is 375. The number of hydrogen-bond acceptors (Lipinski definition) is 4. The number of methoxy groups -OCH3 is 1. The Labute approximate surface area is 117 Å². The van der Waals surface area contributed by atoms with Crippen LogP contribution in [0.5, 0.6) is 0 Å². The van der Waals surface area contributed by atoms with Gasteiger partial charge >= 0.3 is 0 Å². The van der Waals surface area contributed by atoms with Gasteiger partial charge in [-0.3, -0.25) is 4.98 Å². The Morgan fingerprint density at radius 1 is 1.56 bits per heavy atom. The standard InChI is InChI=1S/C13H20BrN3O/c1-18-10-13(3-2-4-15-8-13)9-17-12-5-11(14)6-16-7-12/h5-7,15,17H,2-4,8-10H2,1H3. The number of nitrogens with zero attached hydrogens (tertiary/aromatic N) is 1. The summed E-state index contributed by atoms with van der Waals surface area (Å²) in [6.45, 7) is 3.82. The Balaban J connectivity index is 1.96. The summed E-state index contributed by atoms with van der Waals surface area (Å²) in [5.41, 5.74) is 1.24. The van der Waals surface area contributed by atoms with Crippen molar-refractivity contribution in [2.75, 3.05) is 38.7 Å². The molecular formula is C13H20BrN3O. The monoisotopic (exact) mass is 313 g/mol. The zero-order chi connectivity index (χ0) is 12.8. The molecule has 18 heavy (non-hydrogen) atoms. The van der Waals surface area contributed by atoms with Gasteiger partial charge in [0.2, 0.25) is 0 Å². The van der Waals surface area contributed by atoms with Crippen LogP contribution >= 0.6 is 15.9 Å². The highest BCUT2D eigenvalue weighted by molar-refractivity contribution is 9.10. The van der Waals surface area contributed by atoms with Crippen molar-refractivity contribution in [1.29, 1.82) is 0 Å². The molecule has 2 heterocycles. The summed E-state index contributed by atoms with van der Waals surface area (Å²) in [5, 5.41) is 6.93. The summed E-state index contributed by atoms with van der Waals surface area (Å²) < 4.78 is 6.39. The summed E-state index contributed by atoms with van der Waals surface area (Å²) in [5.74, 6) is 0. The summed E-state index contributed by atoms with van der Waals surface area (Å²) in [4.78, 5) is 4.16. The number of hydrogen-bond donors (Lipinski definition) is 2. The highest BCUT2D eigenvalue weighted by Gasteiger charge is 2.31. The van der Waals surface area contributed by atoms with Crippen molar-refractivity contribution in [3.63, 3.8) is 0 Å². The van der Waals surface area contributed by atoms with Gasteiger partial charge in [-0.1, -0.05) is 0 Å². The molecule has 0 aromatic carbocycles. The molecule has 2 N–H and O–H groups in total. The molecule has 0 aliphatic carbocycles. The Hall–Kier alpha value is -0.650. The van der Waals surface area contributed by atoms with Crippen molar-refractivity contribution < 1.29 is 4.74 Å². The molecular weight excluding hydrogens is 294 g/mol. The maximum absolute atomic E-state index is 5.39. The van der Waals surface area contributed by atoms with Gasteiger partial charge in [0, 0.05) is 36.3 Å². The Morgan fingerprint density at radius 3 is 3.11 bits per heavy atom. The average molecular weight is 314 g/mol. The van der Waals surface area contributed by atoms with E-state index in [1.165, 1.54) is 12.8 Å². The molecule has 100 valence electrons. The smallest absolute Gasteiger partial charge is 0.0547 e. The molecule has 1 saturated heterocycles. The van der Waals surface area contributed by atoms with Crippen molar-refractivity contribution in [1.82, 2.24) is 10.3 Å². The molecule has 0 radical (unpaired) electrons. The van der Waals surface area contributed by atoms with Crippen LogP contribution in [0.2, 0.25) is 0 Å². The Kier molecular flexibility index (Phi) is 4.97. The number of nitrogens with one attached hydrogen (secondary N) is 2. The molecule has 1 unspecified atom stereocenters. The lowest BCUT2D eigenvalue weighted by atomic mass is 9.81. The van der Waals surface area contributed by atoms with E-state index in [0.29, 0.717) is 0 Å². The van der Waals surface area contributed by atoms with Crippen LogP contribution in [-0.2, 0) is 4.74 Å². The predicted molar refractivity (Wildman–Crippen MR) is 76.8 cm³/mol. The molecule has 1 aliphatic heterocycles. The molecule has 1 aliphatic rings. The van der Waals surface area contributed by atoms with Gasteiger partial charge in [0.1, 0.15) is 0 Å². The topological polar surface area (TPSA) is 46.2 Å². The largest absolute Gasteiger partial charge is 0.384 e. The third-order valence-electron chi connectivity index (χ3n) is 3.38. The number of anilines is 1. The number of piperidine rings is 1. The predicted octanol–water partition coefficient (Wildman–Crippen LogP) is 2.27. The normalized spacial score (nSPS) is 23.9. The lowest BCUT2D eigenvalue weighted by Crippen LogP contribution is -2.47. The van der Waals surface area contributed by atoms with E-state index in [0.717, 1.165) is 36.4 Å². The first-order chi connectivity index (χ1) is 8.74. The molecule has 5 heteroatoms. The van der Waals surface area contributed by atoms with Crippen LogP contribution in [0.3, 0.4) is 0 Å². The molecule has 4 nitrogen and oxygen atoms in total. The molecule has 1 fully saturated rings. The average Bonchev–Trinajstić information content (AvgIpc) is 2.38. The van der Waals surface area contributed by atoms with Gasteiger partial charge in [-0.15, -0.1) is 0 Å². The van der Waals surface area contributed by atoms with E-state index >= 15 is 0 Å². The van der Waals surface area contributed by atoms with Gasteiger partial charge in [0.25, 0.3) is 0 Å². The van der Waals surface area contributed by atoms with E-state index in [1.54, 1.807) is 13.3 Å². The van der Waals surface area contributed by atoms with Gasteiger partial charge in [0.15, 0.2) is 0 Å². The molecule has 1 aromatic rings. The van der Waals surface area contributed by atoms with Crippen molar-refractivity contribution in [2.24, 2.45) is 5.41 Å². The van der Waals surface area contributed by atoms with Crippen LogP contribution in [0.1, 0.15) is 12.8 Å². The molecule has 0 amide bonds. The molecule has 0 bridgehead atoms. The Morgan fingerprint density at radius 2 is 2.44 bits per heavy atom. The van der Waals surface area contributed by atoms with Gasteiger partial charge in [0.05, 0.1) is 18.5 Å². The van der Waals surface area contributed by atoms with E-state index < -0.39 is 0 Å². The fourth-order valence-corrected chi connectivity index (χ4v) is 2.82. The van der Waals surface area contributed by atoms with Crippen LogP contribution in [0.25, 0.3) is 0 Å². The zero-order valence-electron chi connectivity index (χ0n) is 10.7. The minimum Gasteiger partial charge on any atom is -0.384 e. The third-order valence-corrected chi connectivity index (χ3v) is 3.82.